The third-order valence-corrected chi connectivity index (χ3v) is 5.14. The number of carboxylic acid groups (broad SMARTS) is 1. The molecule has 8 heteroatoms. The second-order valence-corrected chi connectivity index (χ2v) is 6.99. The molecule has 1 atom stereocenters. The summed E-state index contributed by atoms with van der Waals surface area (Å²) in [6.45, 7) is 0. The molecule has 2 aromatic carbocycles. The Kier molecular flexibility index (Phi) is 6.04. The van der Waals surface area contributed by atoms with E-state index < -0.39 is 12.0 Å². The monoisotopic (exact) mass is 411 g/mol. The van der Waals surface area contributed by atoms with Crippen LogP contribution in [0.3, 0.4) is 0 Å². The highest BCUT2D eigenvalue weighted by atomic mass is 32.1. The van der Waals surface area contributed by atoms with Crippen molar-refractivity contribution in [2.24, 2.45) is 5.73 Å². The number of carbonyl (C=O) groups is 1. The molecule has 0 radical (unpaired) electrons. The standard InChI is InChI=1S/C21H21N3O4S/c1-27-17-9-15(13-7-8-29-11-13)16(10-18(17)28-2)19(21(25)26)24-14-5-3-12(4-6-14)20(22)23/h3-11,19,24H,1-2H3,(H3,22,23)(H,25,26). The van der Waals surface area contributed by atoms with Gasteiger partial charge in [0.2, 0.25) is 0 Å². The minimum Gasteiger partial charge on any atom is -0.493 e. The second kappa shape index (κ2) is 8.66. The molecule has 1 heterocycles. The molecule has 0 saturated heterocycles. The molecule has 3 aromatic rings. The first kappa shape index (κ1) is 20.2. The highest BCUT2D eigenvalue weighted by Gasteiger charge is 2.26. The normalized spacial score (nSPS) is 11.5. The van der Waals surface area contributed by atoms with E-state index in [1.54, 1.807) is 43.5 Å². The van der Waals surface area contributed by atoms with Crippen LogP contribution >= 0.6 is 11.3 Å². The lowest BCUT2D eigenvalue weighted by Gasteiger charge is -2.21. The molecule has 7 nitrogen and oxygen atoms in total. The summed E-state index contributed by atoms with van der Waals surface area (Å²) in [6.07, 6.45) is 0. The molecule has 0 aliphatic heterocycles. The van der Waals surface area contributed by atoms with Crippen LogP contribution in [0.4, 0.5) is 5.69 Å². The Morgan fingerprint density at radius 3 is 2.31 bits per heavy atom. The Morgan fingerprint density at radius 2 is 1.79 bits per heavy atom. The summed E-state index contributed by atoms with van der Waals surface area (Å²) in [6, 6.07) is 11.1. The number of hydrogen-bond donors (Lipinski definition) is 4. The Bertz CT molecular complexity index is 1020. The van der Waals surface area contributed by atoms with E-state index in [0.717, 1.165) is 11.1 Å². The zero-order valence-corrected chi connectivity index (χ0v) is 16.7. The molecule has 5 N–H and O–H groups in total. The van der Waals surface area contributed by atoms with Crippen molar-refractivity contribution in [3.63, 3.8) is 0 Å². The van der Waals surface area contributed by atoms with Gasteiger partial charge >= 0.3 is 5.97 Å². The molecule has 29 heavy (non-hydrogen) atoms. The predicted octanol–water partition coefficient (Wildman–Crippen LogP) is 3.95. The molecule has 0 spiro atoms. The summed E-state index contributed by atoms with van der Waals surface area (Å²) in [5.74, 6) is -0.121. The van der Waals surface area contributed by atoms with Gasteiger partial charge in [-0.3, -0.25) is 5.41 Å². The number of nitrogen functional groups attached to an aromatic ring is 1. The van der Waals surface area contributed by atoms with E-state index in [1.165, 1.54) is 18.4 Å². The van der Waals surface area contributed by atoms with Gasteiger partial charge in [0.25, 0.3) is 0 Å². The van der Waals surface area contributed by atoms with Crippen LogP contribution in [0, 0.1) is 5.41 Å². The van der Waals surface area contributed by atoms with Crippen molar-refractivity contribution in [1.82, 2.24) is 0 Å². The van der Waals surface area contributed by atoms with Crippen LogP contribution in [0.2, 0.25) is 0 Å². The third-order valence-electron chi connectivity index (χ3n) is 4.45. The number of anilines is 1. The zero-order chi connectivity index (χ0) is 21.0. The molecule has 3 rings (SSSR count). The van der Waals surface area contributed by atoms with Crippen molar-refractivity contribution in [3.8, 4) is 22.6 Å². The Hall–Kier alpha value is -3.52. The molecule has 1 unspecified atom stereocenters. The number of methoxy groups -OCH3 is 2. The number of rotatable bonds is 8. The highest BCUT2D eigenvalue weighted by molar-refractivity contribution is 7.08. The van der Waals surface area contributed by atoms with Crippen molar-refractivity contribution in [3.05, 3.63) is 64.4 Å². The van der Waals surface area contributed by atoms with Crippen LogP contribution in [-0.2, 0) is 4.79 Å². The molecule has 0 aliphatic rings. The predicted molar refractivity (Wildman–Crippen MR) is 114 cm³/mol. The smallest absolute Gasteiger partial charge is 0.330 e. The number of benzene rings is 2. The van der Waals surface area contributed by atoms with Gasteiger partial charge in [-0.15, -0.1) is 0 Å². The lowest BCUT2D eigenvalue weighted by molar-refractivity contribution is -0.138. The van der Waals surface area contributed by atoms with E-state index in [9.17, 15) is 9.90 Å². The van der Waals surface area contributed by atoms with Crippen molar-refractivity contribution in [2.45, 2.75) is 6.04 Å². The number of aliphatic carboxylic acids is 1. The summed E-state index contributed by atoms with van der Waals surface area (Å²) < 4.78 is 10.8. The van der Waals surface area contributed by atoms with Gasteiger partial charge in [-0.25, -0.2) is 4.79 Å². The van der Waals surface area contributed by atoms with Crippen molar-refractivity contribution in [1.29, 1.82) is 5.41 Å². The summed E-state index contributed by atoms with van der Waals surface area (Å²) in [5.41, 5.74) is 8.82. The Morgan fingerprint density at radius 1 is 1.14 bits per heavy atom. The second-order valence-electron chi connectivity index (χ2n) is 6.21. The van der Waals surface area contributed by atoms with Gasteiger partial charge in [0, 0.05) is 11.3 Å². The van der Waals surface area contributed by atoms with E-state index >= 15 is 0 Å². The summed E-state index contributed by atoms with van der Waals surface area (Å²) >= 11 is 1.52. The molecular weight excluding hydrogens is 390 g/mol. The minimum absolute atomic E-state index is 0.0500. The van der Waals surface area contributed by atoms with E-state index in [1.807, 2.05) is 16.8 Å². The largest absolute Gasteiger partial charge is 0.493 e. The van der Waals surface area contributed by atoms with Crippen molar-refractivity contribution >= 4 is 28.8 Å². The molecule has 0 aliphatic carbocycles. The first-order valence-corrected chi connectivity index (χ1v) is 9.61. The SMILES string of the molecule is COc1cc(-c2ccsc2)c(C(Nc2ccc(C(=N)N)cc2)C(=O)O)cc1OC. The highest BCUT2D eigenvalue weighted by Crippen LogP contribution is 2.40. The van der Waals surface area contributed by atoms with Crippen LogP contribution in [0.15, 0.2) is 53.2 Å². The van der Waals surface area contributed by atoms with Gasteiger partial charge < -0.3 is 25.6 Å². The average Bonchev–Trinajstić information content (AvgIpc) is 3.25. The number of amidine groups is 1. The number of nitrogens with two attached hydrogens (primary N) is 1. The summed E-state index contributed by atoms with van der Waals surface area (Å²) in [5, 5.41) is 24.4. The molecule has 0 bridgehead atoms. The quantitative estimate of drug-likeness (QED) is 0.329. The van der Waals surface area contributed by atoms with Crippen molar-refractivity contribution in [2.75, 3.05) is 19.5 Å². The van der Waals surface area contributed by atoms with Gasteiger partial charge in [-0.05, 0) is 69.9 Å². The fourth-order valence-corrected chi connectivity index (χ4v) is 3.64. The van der Waals surface area contributed by atoms with Crippen LogP contribution in [0.5, 0.6) is 11.5 Å². The third kappa shape index (κ3) is 4.33. The van der Waals surface area contributed by atoms with E-state index in [2.05, 4.69) is 5.32 Å². The van der Waals surface area contributed by atoms with Gasteiger partial charge in [0.1, 0.15) is 5.84 Å². The zero-order valence-electron chi connectivity index (χ0n) is 15.9. The van der Waals surface area contributed by atoms with Gasteiger partial charge in [-0.2, -0.15) is 11.3 Å². The molecule has 0 fully saturated rings. The summed E-state index contributed by atoms with van der Waals surface area (Å²) in [7, 11) is 3.05. The average molecular weight is 411 g/mol. The van der Waals surface area contributed by atoms with E-state index in [0.29, 0.717) is 28.3 Å². The van der Waals surface area contributed by atoms with Gasteiger partial charge in [0.05, 0.1) is 14.2 Å². The maximum absolute atomic E-state index is 12.2. The summed E-state index contributed by atoms with van der Waals surface area (Å²) in [4.78, 5) is 12.2. The first-order chi connectivity index (χ1) is 13.9. The Balaban J connectivity index is 2.08. The van der Waals surface area contributed by atoms with E-state index in [4.69, 9.17) is 20.6 Å². The number of hydrogen-bond acceptors (Lipinski definition) is 6. The number of ether oxygens (including phenoxy) is 2. The maximum Gasteiger partial charge on any atom is 0.330 e. The van der Waals surface area contributed by atoms with Crippen LogP contribution < -0.4 is 20.5 Å². The van der Waals surface area contributed by atoms with Crippen LogP contribution in [0.1, 0.15) is 17.2 Å². The topological polar surface area (TPSA) is 118 Å². The molecular formula is C21H21N3O4S. The maximum atomic E-state index is 12.2. The molecule has 0 saturated carbocycles. The number of nitrogens with one attached hydrogen (secondary N) is 2. The fraction of sp³-hybridized carbons (Fsp3) is 0.143. The van der Waals surface area contributed by atoms with Gasteiger partial charge in [-0.1, -0.05) is 0 Å². The molecule has 150 valence electrons. The van der Waals surface area contributed by atoms with Crippen LogP contribution in [0.25, 0.3) is 11.1 Å². The fourth-order valence-electron chi connectivity index (χ4n) is 2.99. The first-order valence-electron chi connectivity index (χ1n) is 8.67. The number of thiophene rings is 1. The molecule has 1 aromatic heterocycles. The lowest BCUT2D eigenvalue weighted by Crippen LogP contribution is -2.21. The van der Waals surface area contributed by atoms with Crippen molar-refractivity contribution < 1.29 is 19.4 Å². The van der Waals surface area contributed by atoms with Crippen LogP contribution in [-0.4, -0.2) is 31.1 Å². The van der Waals surface area contributed by atoms with Gasteiger partial charge in [0.15, 0.2) is 17.5 Å². The lowest BCUT2D eigenvalue weighted by atomic mass is 9.95. The Labute approximate surface area is 172 Å². The number of carboxylic acids is 1. The minimum atomic E-state index is -1.04. The molecule has 0 amide bonds. The van der Waals surface area contributed by atoms with E-state index in [-0.39, 0.29) is 5.84 Å².